The van der Waals surface area contributed by atoms with Gasteiger partial charge < -0.3 is 10.1 Å². The van der Waals surface area contributed by atoms with E-state index in [2.05, 4.69) is 5.32 Å². The maximum Gasteiger partial charge on any atom is 0.407 e. The van der Waals surface area contributed by atoms with Crippen LogP contribution < -0.4 is 5.32 Å². The van der Waals surface area contributed by atoms with Gasteiger partial charge in [0.2, 0.25) is 0 Å². The van der Waals surface area contributed by atoms with Crippen LogP contribution in [0.25, 0.3) is 0 Å². The summed E-state index contributed by atoms with van der Waals surface area (Å²) >= 11 is 5.55. The van der Waals surface area contributed by atoms with Crippen molar-refractivity contribution in [1.82, 2.24) is 5.32 Å². The minimum atomic E-state index is -0.519. The highest BCUT2D eigenvalue weighted by Crippen LogP contribution is 2.27. The molecule has 0 radical (unpaired) electrons. The highest BCUT2D eigenvalue weighted by Gasteiger charge is 2.34. The highest BCUT2D eigenvalue weighted by atomic mass is 35.5. The molecular weight excluding hydrogens is 242 g/mol. The van der Waals surface area contributed by atoms with Crippen molar-refractivity contribution in [3.8, 4) is 0 Å². The molecule has 0 saturated heterocycles. The van der Waals surface area contributed by atoms with Crippen molar-refractivity contribution in [2.75, 3.05) is 5.88 Å². The smallest absolute Gasteiger partial charge is 0.407 e. The summed E-state index contributed by atoms with van der Waals surface area (Å²) < 4.78 is 5.17. The molecule has 0 bridgehead atoms. The van der Waals surface area contributed by atoms with Crippen LogP contribution in [0.1, 0.15) is 40.0 Å². The number of hydrogen-bond donors (Lipinski definition) is 1. The standard InChI is InChI=1S/C12H20ClNO3/c1-12(2,3)17-11(16)14-9-6-4-5-8(9)10(15)7-13/h8-9H,4-7H2,1-3H3,(H,14,16). The number of ether oxygens (including phenoxy) is 1. The zero-order valence-corrected chi connectivity index (χ0v) is 11.3. The molecule has 2 atom stereocenters. The average Bonchev–Trinajstić information content (AvgIpc) is 2.61. The number of carbonyl (C=O) groups is 2. The van der Waals surface area contributed by atoms with Crippen molar-refractivity contribution >= 4 is 23.5 Å². The maximum absolute atomic E-state index is 11.6. The van der Waals surface area contributed by atoms with Crippen LogP contribution in [0.2, 0.25) is 0 Å². The Morgan fingerprint density at radius 3 is 2.53 bits per heavy atom. The van der Waals surface area contributed by atoms with Crippen LogP contribution in [0.3, 0.4) is 0 Å². The topological polar surface area (TPSA) is 55.4 Å². The lowest BCUT2D eigenvalue weighted by atomic mass is 9.99. The number of rotatable bonds is 3. The van der Waals surface area contributed by atoms with E-state index in [-0.39, 0.29) is 23.6 Å². The lowest BCUT2D eigenvalue weighted by Gasteiger charge is -2.24. The number of amides is 1. The number of alkyl halides is 1. The summed E-state index contributed by atoms with van der Waals surface area (Å²) in [7, 11) is 0. The monoisotopic (exact) mass is 261 g/mol. The summed E-state index contributed by atoms with van der Waals surface area (Å²) in [5.41, 5.74) is -0.519. The molecule has 0 aromatic heterocycles. The third kappa shape index (κ3) is 4.54. The Morgan fingerprint density at radius 1 is 1.35 bits per heavy atom. The van der Waals surface area contributed by atoms with Gasteiger partial charge >= 0.3 is 6.09 Å². The Labute approximate surface area is 107 Å². The van der Waals surface area contributed by atoms with Crippen molar-refractivity contribution in [2.24, 2.45) is 5.92 Å². The molecule has 5 heteroatoms. The number of Topliss-reactive ketones (excluding diaryl/α,β-unsaturated/α-hetero) is 1. The Hall–Kier alpha value is -0.770. The average molecular weight is 262 g/mol. The number of carbonyl (C=O) groups excluding carboxylic acids is 2. The van der Waals surface area contributed by atoms with E-state index in [1.54, 1.807) is 0 Å². The van der Waals surface area contributed by atoms with Crippen LogP contribution in [-0.4, -0.2) is 29.4 Å². The van der Waals surface area contributed by atoms with Gasteiger partial charge in [-0.25, -0.2) is 4.79 Å². The van der Waals surface area contributed by atoms with Gasteiger partial charge in [-0.3, -0.25) is 4.79 Å². The molecule has 1 fully saturated rings. The van der Waals surface area contributed by atoms with Crippen molar-refractivity contribution in [2.45, 2.75) is 51.7 Å². The third-order valence-electron chi connectivity index (χ3n) is 2.76. The van der Waals surface area contributed by atoms with Gasteiger partial charge in [-0.15, -0.1) is 11.6 Å². The molecule has 0 aliphatic heterocycles. The molecule has 0 aromatic carbocycles. The van der Waals surface area contributed by atoms with Crippen LogP contribution in [0, 0.1) is 5.92 Å². The zero-order valence-electron chi connectivity index (χ0n) is 10.6. The molecule has 2 unspecified atom stereocenters. The molecule has 0 aromatic rings. The minimum absolute atomic E-state index is 0.00484. The Balaban J connectivity index is 2.50. The predicted molar refractivity (Wildman–Crippen MR) is 66.2 cm³/mol. The fourth-order valence-corrected chi connectivity index (χ4v) is 2.27. The molecule has 0 spiro atoms. The zero-order chi connectivity index (χ0) is 13.1. The first-order valence-electron chi connectivity index (χ1n) is 5.91. The second kappa shape index (κ2) is 5.71. The van der Waals surface area contributed by atoms with E-state index < -0.39 is 11.7 Å². The lowest BCUT2D eigenvalue weighted by molar-refractivity contribution is -0.120. The third-order valence-corrected chi connectivity index (χ3v) is 3.03. The van der Waals surface area contributed by atoms with E-state index in [4.69, 9.17) is 16.3 Å². The first-order valence-corrected chi connectivity index (χ1v) is 6.45. The van der Waals surface area contributed by atoms with Crippen LogP contribution in [0.4, 0.5) is 4.79 Å². The number of ketones is 1. The van der Waals surface area contributed by atoms with Gasteiger partial charge in [0.1, 0.15) is 5.60 Å². The first-order chi connectivity index (χ1) is 7.83. The van der Waals surface area contributed by atoms with Crippen LogP contribution in [0.15, 0.2) is 0 Å². The molecule has 4 nitrogen and oxygen atoms in total. The van der Waals surface area contributed by atoms with Crippen LogP contribution in [0.5, 0.6) is 0 Å². The van der Waals surface area contributed by atoms with E-state index in [0.29, 0.717) is 0 Å². The van der Waals surface area contributed by atoms with Gasteiger partial charge in [-0.05, 0) is 33.6 Å². The second-order valence-electron chi connectivity index (χ2n) is 5.39. The van der Waals surface area contributed by atoms with Crippen LogP contribution >= 0.6 is 11.6 Å². The predicted octanol–water partition coefficient (Wildman–Crippen LogP) is 2.49. The van der Waals surface area contributed by atoms with Gasteiger partial charge in [0, 0.05) is 12.0 Å². The quantitative estimate of drug-likeness (QED) is 0.794. The Bertz CT molecular complexity index is 299. The van der Waals surface area contributed by atoms with Crippen molar-refractivity contribution in [1.29, 1.82) is 0 Å². The summed E-state index contributed by atoms with van der Waals surface area (Å²) in [6.07, 6.45) is 2.09. The van der Waals surface area contributed by atoms with Gasteiger partial charge in [0.25, 0.3) is 0 Å². The summed E-state index contributed by atoms with van der Waals surface area (Å²) in [6, 6.07) is -0.129. The number of nitrogens with one attached hydrogen (secondary N) is 1. The number of alkyl carbamates (subject to hydrolysis) is 1. The van der Waals surface area contributed by atoms with E-state index in [9.17, 15) is 9.59 Å². The number of halogens is 1. The summed E-state index contributed by atoms with van der Waals surface area (Å²) in [5.74, 6) is -0.137. The summed E-state index contributed by atoms with van der Waals surface area (Å²) in [4.78, 5) is 23.2. The molecule has 17 heavy (non-hydrogen) atoms. The molecule has 0 heterocycles. The largest absolute Gasteiger partial charge is 0.444 e. The Kier molecular flexibility index (Phi) is 4.80. The fourth-order valence-electron chi connectivity index (χ4n) is 2.08. The SMILES string of the molecule is CC(C)(C)OC(=O)NC1CCCC1C(=O)CCl. The fraction of sp³-hybridized carbons (Fsp3) is 0.833. The number of hydrogen-bond acceptors (Lipinski definition) is 3. The molecule has 1 saturated carbocycles. The maximum atomic E-state index is 11.6. The van der Waals surface area contributed by atoms with E-state index in [1.807, 2.05) is 20.8 Å². The van der Waals surface area contributed by atoms with Gasteiger partial charge in [-0.2, -0.15) is 0 Å². The van der Waals surface area contributed by atoms with Gasteiger partial charge in [0.15, 0.2) is 5.78 Å². The summed E-state index contributed by atoms with van der Waals surface area (Å²) in [5, 5.41) is 2.76. The Morgan fingerprint density at radius 2 is 2.00 bits per heavy atom. The van der Waals surface area contributed by atoms with E-state index >= 15 is 0 Å². The second-order valence-corrected chi connectivity index (χ2v) is 5.66. The normalized spacial score (nSPS) is 24.5. The van der Waals surface area contributed by atoms with Crippen LogP contribution in [-0.2, 0) is 9.53 Å². The highest BCUT2D eigenvalue weighted by molar-refractivity contribution is 6.28. The van der Waals surface area contributed by atoms with Crippen molar-refractivity contribution in [3.63, 3.8) is 0 Å². The molecule has 1 aliphatic carbocycles. The molecule has 98 valence electrons. The van der Waals surface area contributed by atoms with Gasteiger partial charge in [0.05, 0.1) is 5.88 Å². The molecule has 1 rings (SSSR count). The van der Waals surface area contributed by atoms with Crippen molar-refractivity contribution in [3.05, 3.63) is 0 Å². The molecule has 1 amide bonds. The molecule has 1 N–H and O–H groups in total. The van der Waals surface area contributed by atoms with E-state index in [0.717, 1.165) is 19.3 Å². The first kappa shape index (κ1) is 14.3. The van der Waals surface area contributed by atoms with Crippen molar-refractivity contribution < 1.29 is 14.3 Å². The lowest BCUT2D eigenvalue weighted by Crippen LogP contribution is -2.43. The molecular formula is C12H20ClNO3. The molecule has 1 aliphatic rings. The minimum Gasteiger partial charge on any atom is -0.444 e. The summed E-state index contributed by atoms with van der Waals surface area (Å²) in [6.45, 7) is 5.42. The van der Waals surface area contributed by atoms with E-state index in [1.165, 1.54) is 0 Å². The van der Waals surface area contributed by atoms with Gasteiger partial charge in [-0.1, -0.05) is 6.42 Å².